The average molecular weight is 485 g/mol. The van der Waals surface area contributed by atoms with Crippen LogP contribution in [0.2, 0.25) is 0 Å². The molecule has 0 radical (unpaired) electrons. The topological polar surface area (TPSA) is 86.7 Å². The van der Waals surface area contributed by atoms with Crippen molar-refractivity contribution in [2.75, 3.05) is 43.6 Å². The van der Waals surface area contributed by atoms with Gasteiger partial charge in [0.05, 0.1) is 5.75 Å². The van der Waals surface area contributed by atoms with Gasteiger partial charge in [0.2, 0.25) is 0 Å². The molecule has 7 nitrogen and oxygen atoms in total. The Kier molecular flexibility index (Phi) is 8.83. The molecule has 1 aromatic heterocycles. The van der Waals surface area contributed by atoms with E-state index in [0.717, 1.165) is 13.0 Å². The number of sulfone groups is 1. The molecular formula is C15H25FIN5O2S. The van der Waals surface area contributed by atoms with Crippen LogP contribution in [-0.2, 0) is 9.84 Å². The summed E-state index contributed by atoms with van der Waals surface area (Å²) in [6.07, 6.45) is 4.18. The van der Waals surface area contributed by atoms with E-state index in [4.69, 9.17) is 0 Å². The van der Waals surface area contributed by atoms with Gasteiger partial charge in [-0.25, -0.2) is 17.8 Å². The predicted octanol–water partition coefficient (Wildman–Crippen LogP) is 1.02. The number of aromatic nitrogens is 1. The van der Waals surface area contributed by atoms with Crippen molar-refractivity contribution in [2.24, 2.45) is 4.99 Å². The first-order valence-corrected chi connectivity index (χ1v) is 9.95. The lowest BCUT2D eigenvalue weighted by Crippen LogP contribution is -2.45. The molecule has 1 aliphatic heterocycles. The molecule has 2 rings (SSSR count). The number of nitrogens with one attached hydrogen (secondary N) is 2. The van der Waals surface area contributed by atoms with Crippen LogP contribution in [0.15, 0.2) is 23.3 Å². The molecule has 142 valence electrons. The maximum Gasteiger partial charge on any atom is 0.191 e. The van der Waals surface area contributed by atoms with Gasteiger partial charge in [0.1, 0.15) is 9.84 Å². The van der Waals surface area contributed by atoms with E-state index in [-0.39, 0.29) is 41.6 Å². The summed E-state index contributed by atoms with van der Waals surface area (Å²) in [5.41, 5.74) is 0. The van der Waals surface area contributed by atoms with Crippen LogP contribution in [0, 0.1) is 5.82 Å². The van der Waals surface area contributed by atoms with Crippen LogP contribution in [0.1, 0.15) is 12.8 Å². The minimum atomic E-state index is -2.94. The van der Waals surface area contributed by atoms with Crippen molar-refractivity contribution in [2.45, 2.75) is 18.9 Å². The summed E-state index contributed by atoms with van der Waals surface area (Å²) < 4.78 is 36.0. The van der Waals surface area contributed by atoms with E-state index in [2.05, 4.69) is 20.6 Å². The molecule has 1 aromatic rings. The zero-order valence-corrected chi connectivity index (χ0v) is 17.6. The molecule has 10 heteroatoms. The second kappa shape index (κ2) is 10.1. The average Bonchev–Trinajstić information content (AvgIpc) is 2.98. The van der Waals surface area contributed by atoms with Crippen molar-refractivity contribution >= 4 is 45.6 Å². The number of halogens is 2. The number of guanidine groups is 1. The van der Waals surface area contributed by atoms with Crippen LogP contribution in [0.25, 0.3) is 0 Å². The van der Waals surface area contributed by atoms with Crippen LogP contribution in [0.3, 0.4) is 0 Å². The Morgan fingerprint density at radius 2 is 2.28 bits per heavy atom. The standard InChI is InChI=1S/C15H24FN5O2S.HI/c1-17-15(19-8-4-10-24(2,22)23)20-12-6-9-21(11-12)14-13(16)5-3-7-18-14;/h3,5,7,12H,4,6,8-11H2,1-2H3,(H2,17,19,20);1H. The molecule has 1 saturated heterocycles. The Hall–Kier alpha value is -1.17. The summed E-state index contributed by atoms with van der Waals surface area (Å²) in [7, 11) is -1.28. The predicted molar refractivity (Wildman–Crippen MR) is 109 cm³/mol. The molecule has 1 aliphatic rings. The molecular weight excluding hydrogens is 460 g/mol. The molecule has 1 unspecified atom stereocenters. The smallest absolute Gasteiger partial charge is 0.191 e. The lowest BCUT2D eigenvalue weighted by molar-refractivity contribution is 0.597. The Labute approximate surface area is 165 Å². The van der Waals surface area contributed by atoms with Crippen LogP contribution in [-0.4, -0.2) is 64.1 Å². The number of rotatable bonds is 6. The van der Waals surface area contributed by atoms with Crippen molar-refractivity contribution in [3.8, 4) is 0 Å². The lowest BCUT2D eigenvalue weighted by atomic mass is 10.3. The van der Waals surface area contributed by atoms with Gasteiger partial charge in [0.15, 0.2) is 17.6 Å². The summed E-state index contributed by atoms with van der Waals surface area (Å²) in [5, 5.41) is 6.38. The van der Waals surface area contributed by atoms with Crippen LogP contribution in [0.4, 0.5) is 10.2 Å². The van der Waals surface area contributed by atoms with Crippen LogP contribution < -0.4 is 15.5 Å². The molecule has 0 amide bonds. The summed E-state index contributed by atoms with van der Waals surface area (Å²) in [4.78, 5) is 10.1. The van der Waals surface area contributed by atoms with Gasteiger partial charge in [-0.3, -0.25) is 4.99 Å². The number of hydrogen-bond acceptors (Lipinski definition) is 5. The number of aliphatic imine (C=N–C) groups is 1. The SMILES string of the molecule is CN=C(NCCCS(C)(=O)=O)NC1CCN(c2ncccc2F)C1.I. The molecule has 0 bridgehead atoms. The molecule has 0 aromatic carbocycles. The third kappa shape index (κ3) is 7.30. The van der Waals surface area contributed by atoms with E-state index in [1.807, 2.05) is 4.90 Å². The van der Waals surface area contributed by atoms with Gasteiger partial charge in [-0.05, 0) is 25.0 Å². The number of nitrogens with zero attached hydrogens (tertiary/aromatic N) is 3. The summed E-state index contributed by atoms with van der Waals surface area (Å²) in [6.45, 7) is 1.88. The Balaban J connectivity index is 0.00000312. The van der Waals surface area contributed by atoms with Gasteiger partial charge in [0, 0.05) is 45.2 Å². The fourth-order valence-electron chi connectivity index (χ4n) is 2.61. The van der Waals surface area contributed by atoms with E-state index in [0.29, 0.717) is 31.3 Å². The van der Waals surface area contributed by atoms with Gasteiger partial charge in [-0.15, -0.1) is 24.0 Å². The summed E-state index contributed by atoms with van der Waals surface area (Å²) >= 11 is 0. The second-order valence-corrected chi connectivity index (χ2v) is 8.13. The van der Waals surface area contributed by atoms with E-state index >= 15 is 0 Å². The highest BCUT2D eigenvalue weighted by molar-refractivity contribution is 14.0. The fraction of sp³-hybridized carbons (Fsp3) is 0.600. The lowest BCUT2D eigenvalue weighted by Gasteiger charge is -2.19. The molecule has 2 N–H and O–H groups in total. The van der Waals surface area contributed by atoms with Gasteiger partial charge in [-0.2, -0.15) is 0 Å². The van der Waals surface area contributed by atoms with Crippen LogP contribution >= 0.6 is 24.0 Å². The highest BCUT2D eigenvalue weighted by atomic mass is 127. The molecule has 0 aliphatic carbocycles. The zero-order chi connectivity index (χ0) is 17.6. The first kappa shape index (κ1) is 21.9. The van der Waals surface area contributed by atoms with Gasteiger partial charge >= 0.3 is 0 Å². The Bertz CT molecular complexity index is 686. The van der Waals surface area contributed by atoms with Crippen molar-refractivity contribution in [1.82, 2.24) is 15.6 Å². The minimum absolute atomic E-state index is 0. The molecule has 25 heavy (non-hydrogen) atoms. The summed E-state index contributed by atoms with van der Waals surface area (Å²) in [5.74, 6) is 0.823. The highest BCUT2D eigenvalue weighted by Crippen LogP contribution is 2.20. The third-order valence-electron chi connectivity index (χ3n) is 3.78. The van der Waals surface area contributed by atoms with Crippen molar-refractivity contribution < 1.29 is 12.8 Å². The zero-order valence-electron chi connectivity index (χ0n) is 14.4. The van der Waals surface area contributed by atoms with E-state index in [1.165, 1.54) is 12.3 Å². The molecule has 1 fully saturated rings. The first-order valence-electron chi connectivity index (χ1n) is 7.89. The number of anilines is 1. The van der Waals surface area contributed by atoms with Gasteiger partial charge in [-0.1, -0.05) is 0 Å². The monoisotopic (exact) mass is 485 g/mol. The molecule has 2 heterocycles. The maximum absolute atomic E-state index is 13.8. The largest absolute Gasteiger partial charge is 0.356 e. The first-order chi connectivity index (χ1) is 11.4. The summed E-state index contributed by atoms with van der Waals surface area (Å²) in [6, 6.07) is 3.12. The van der Waals surface area contributed by atoms with Crippen LogP contribution in [0.5, 0.6) is 0 Å². The normalized spacial score (nSPS) is 18.0. The number of hydrogen-bond donors (Lipinski definition) is 2. The third-order valence-corrected chi connectivity index (χ3v) is 4.81. The van der Waals surface area contributed by atoms with Crippen molar-refractivity contribution in [1.29, 1.82) is 0 Å². The Morgan fingerprint density at radius 3 is 2.92 bits per heavy atom. The molecule has 1 atom stereocenters. The quantitative estimate of drug-likeness (QED) is 0.271. The van der Waals surface area contributed by atoms with Crippen molar-refractivity contribution in [3.63, 3.8) is 0 Å². The maximum atomic E-state index is 13.8. The van der Waals surface area contributed by atoms with E-state index in [9.17, 15) is 12.8 Å². The molecule has 0 spiro atoms. The Morgan fingerprint density at radius 1 is 1.52 bits per heavy atom. The minimum Gasteiger partial charge on any atom is -0.356 e. The van der Waals surface area contributed by atoms with Crippen molar-refractivity contribution in [3.05, 3.63) is 24.1 Å². The molecule has 0 saturated carbocycles. The van der Waals surface area contributed by atoms with Gasteiger partial charge < -0.3 is 15.5 Å². The fourth-order valence-corrected chi connectivity index (χ4v) is 3.28. The number of pyridine rings is 1. The van der Waals surface area contributed by atoms with E-state index in [1.54, 1.807) is 19.3 Å². The van der Waals surface area contributed by atoms with Gasteiger partial charge in [0.25, 0.3) is 0 Å². The second-order valence-electron chi connectivity index (χ2n) is 5.87. The highest BCUT2D eigenvalue weighted by Gasteiger charge is 2.25. The van der Waals surface area contributed by atoms with E-state index < -0.39 is 9.84 Å².